The van der Waals surface area contributed by atoms with Gasteiger partial charge < -0.3 is 0 Å². The van der Waals surface area contributed by atoms with Gasteiger partial charge in [0.05, 0.1) is 0 Å². The number of aromatic nitrogens is 3. The molecule has 2 heterocycles. The number of benzene rings is 1. The maximum absolute atomic E-state index is 11.3. The van der Waals surface area contributed by atoms with E-state index in [0.717, 1.165) is 27.4 Å². The fourth-order valence-corrected chi connectivity index (χ4v) is 2.75. The van der Waals surface area contributed by atoms with E-state index in [1.807, 2.05) is 38.1 Å². The van der Waals surface area contributed by atoms with Crippen molar-refractivity contribution in [2.75, 3.05) is 0 Å². The van der Waals surface area contributed by atoms with Crippen molar-refractivity contribution in [2.45, 2.75) is 13.8 Å². The highest BCUT2D eigenvalue weighted by molar-refractivity contribution is 7.16. The minimum absolute atomic E-state index is 0.517. The Labute approximate surface area is 108 Å². The van der Waals surface area contributed by atoms with Gasteiger partial charge in [-0.15, -0.1) is 0 Å². The fraction of sp³-hybridized carbons (Fsp3) is 0.154. The maximum Gasteiger partial charge on any atom is 0.213 e. The summed E-state index contributed by atoms with van der Waals surface area (Å²) in [6.07, 6.45) is 0.820. The number of aldehydes is 1. The predicted octanol–water partition coefficient (Wildman–Crippen LogP) is 2.89. The molecule has 0 amide bonds. The molecule has 0 aliphatic carbocycles. The van der Waals surface area contributed by atoms with Crippen LogP contribution in [0.5, 0.6) is 0 Å². The van der Waals surface area contributed by atoms with Crippen LogP contribution in [0.25, 0.3) is 16.2 Å². The number of imidazole rings is 1. The second kappa shape index (κ2) is 4.03. The third kappa shape index (κ3) is 1.55. The monoisotopic (exact) mass is 257 g/mol. The van der Waals surface area contributed by atoms with E-state index >= 15 is 0 Å². The van der Waals surface area contributed by atoms with Crippen LogP contribution in [0.1, 0.15) is 21.1 Å². The molecule has 90 valence electrons. The third-order valence-corrected chi connectivity index (χ3v) is 3.67. The van der Waals surface area contributed by atoms with Crippen molar-refractivity contribution in [3.05, 3.63) is 40.5 Å². The molecule has 0 unspecified atom stereocenters. The predicted molar refractivity (Wildman–Crippen MR) is 71.2 cm³/mol. The summed E-state index contributed by atoms with van der Waals surface area (Å²) in [5.74, 6) is 0. The van der Waals surface area contributed by atoms with Crippen LogP contribution in [0.2, 0.25) is 0 Å². The van der Waals surface area contributed by atoms with Gasteiger partial charge >= 0.3 is 0 Å². The van der Waals surface area contributed by atoms with Crippen molar-refractivity contribution in [3.63, 3.8) is 0 Å². The Morgan fingerprint density at radius 3 is 2.78 bits per heavy atom. The van der Waals surface area contributed by atoms with E-state index in [0.29, 0.717) is 11.4 Å². The summed E-state index contributed by atoms with van der Waals surface area (Å²) in [5.41, 5.74) is 3.31. The van der Waals surface area contributed by atoms with E-state index < -0.39 is 0 Å². The zero-order valence-corrected chi connectivity index (χ0v) is 10.9. The van der Waals surface area contributed by atoms with Crippen LogP contribution < -0.4 is 0 Å². The van der Waals surface area contributed by atoms with Gasteiger partial charge in [0, 0.05) is 5.56 Å². The smallest absolute Gasteiger partial charge is 0.213 e. The summed E-state index contributed by atoms with van der Waals surface area (Å²) in [5, 5.41) is 5.20. The van der Waals surface area contributed by atoms with Crippen molar-refractivity contribution in [1.29, 1.82) is 0 Å². The normalized spacial score (nSPS) is 11.0. The van der Waals surface area contributed by atoms with Gasteiger partial charge in [-0.3, -0.25) is 4.79 Å². The van der Waals surface area contributed by atoms with Gasteiger partial charge in [-0.2, -0.15) is 9.61 Å². The Bertz CT molecular complexity index is 742. The number of nitrogens with zero attached hydrogens (tertiary/aromatic N) is 3. The standard InChI is InChI=1S/C13H11N3OS/c1-8-5-3-4-6-10(8)12-11(7-17)16-13(14-12)18-9(2)15-16/h3-7H,1-2H3. The van der Waals surface area contributed by atoms with Crippen molar-refractivity contribution in [3.8, 4) is 11.3 Å². The van der Waals surface area contributed by atoms with E-state index in [2.05, 4.69) is 10.1 Å². The molecule has 0 saturated carbocycles. The Kier molecular flexibility index (Phi) is 2.48. The Morgan fingerprint density at radius 1 is 1.28 bits per heavy atom. The van der Waals surface area contributed by atoms with Crippen molar-refractivity contribution >= 4 is 22.6 Å². The molecule has 0 aliphatic heterocycles. The molecule has 2 aromatic heterocycles. The summed E-state index contributed by atoms with van der Waals surface area (Å²) in [4.78, 5) is 16.6. The zero-order valence-electron chi connectivity index (χ0n) is 10.0. The van der Waals surface area contributed by atoms with Crippen molar-refractivity contribution < 1.29 is 4.79 Å². The minimum Gasteiger partial charge on any atom is -0.296 e. The number of carbonyl (C=O) groups is 1. The second-order valence-electron chi connectivity index (χ2n) is 4.09. The minimum atomic E-state index is 0.517. The molecule has 0 aliphatic rings. The van der Waals surface area contributed by atoms with Gasteiger partial charge in [-0.1, -0.05) is 35.6 Å². The number of hydrogen-bond acceptors (Lipinski definition) is 4. The number of hydrogen-bond donors (Lipinski definition) is 0. The lowest BCUT2D eigenvalue weighted by Crippen LogP contribution is -1.94. The molecule has 0 saturated heterocycles. The first kappa shape index (κ1) is 11.1. The van der Waals surface area contributed by atoms with Gasteiger partial charge in [0.15, 0.2) is 6.29 Å². The lowest BCUT2D eigenvalue weighted by atomic mass is 10.0. The topological polar surface area (TPSA) is 47.3 Å². The lowest BCUT2D eigenvalue weighted by molar-refractivity contribution is 0.111. The molecule has 5 heteroatoms. The number of carbonyl (C=O) groups excluding carboxylic acids is 1. The van der Waals surface area contributed by atoms with Crippen LogP contribution in [-0.2, 0) is 0 Å². The first-order chi connectivity index (χ1) is 8.70. The molecule has 0 N–H and O–H groups in total. The molecule has 4 nitrogen and oxygen atoms in total. The van der Waals surface area contributed by atoms with Gasteiger partial charge in [-0.05, 0) is 19.4 Å². The average Bonchev–Trinajstić information content (AvgIpc) is 2.85. The van der Waals surface area contributed by atoms with E-state index in [9.17, 15) is 4.79 Å². The van der Waals surface area contributed by atoms with Gasteiger partial charge in [0.25, 0.3) is 0 Å². The SMILES string of the molecule is Cc1nn2c(C=O)c(-c3ccccc3C)nc2s1. The number of fused-ring (bicyclic) bond motifs is 1. The first-order valence-corrected chi connectivity index (χ1v) is 6.39. The van der Waals surface area contributed by atoms with Crippen molar-refractivity contribution in [1.82, 2.24) is 14.6 Å². The van der Waals surface area contributed by atoms with Crippen LogP contribution in [-0.4, -0.2) is 20.9 Å². The third-order valence-electron chi connectivity index (χ3n) is 2.85. The fourth-order valence-electron chi connectivity index (χ4n) is 2.00. The largest absolute Gasteiger partial charge is 0.296 e. The molecule has 0 fully saturated rings. The van der Waals surface area contributed by atoms with E-state index in [1.54, 1.807) is 4.52 Å². The molecular formula is C13H11N3OS. The molecule has 0 spiro atoms. The number of aryl methyl sites for hydroxylation is 2. The highest BCUT2D eigenvalue weighted by Crippen LogP contribution is 2.27. The summed E-state index contributed by atoms with van der Waals surface area (Å²) in [6.45, 7) is 3.91. The molecule has 0 bridgehead atoms. The van der Waals surface area contributed by atoms with Crippen molar-refractivity contribution in [2.24, 2.45) is 0 Å². The lowest BCUT2D eigenvalue weighted by Gasteiger charge is -2.02. The van der Waals surface area contributed by atoms with Crippen LogP contribution >= 0.6 is 11.3 Å². The summed E-state index contributed by atoms with van der Waals surface area (Å²) < 4.78 is 1.62. The summed E-state index contributed by atoms with van der Waals surface area (Å²) >= 11 is 1.48. The molecule has 3 aromatic rings. The van der Waals surface area contributed by atoms with E-state index in [-0.39, 0.29) is 0 Å². The molecule has 18 heavy (non-hydrogen) atoms. The van der Waals surface area contributed by atoms with Gasteiger partial charge in [-0.25, -0.2) is 4.98 Å². The van der Waals surface area contributed by atoms with Crippen LogP contribution in [0.15, 0.2) is 24.3 Å². The Hall–Kier alpha value is -2.01. The average molecular weight is 257 g/mol. The molecular weight excluding hydrogens is 246 g/mol. The van der Waals surface area contributed by atoms with Gasteiger partial charge in [0.2, 0.25) is 4.96 Å². The highest BCUT2D eigenvalue weighted by Gasteiger charge is 2.17. The Morgan fingerprint density at radius 2 is 2.06 bits per heavy atom. The van der Waals surface area contributed by atoms with E-state index in [4.69, 9.17) is 0 Å². The molecule has 0 atom stereocenters. The highest BCUT2D eigenvalue weighted by atomic mass is 32.1. The Balaban J connectivity index is 2.32. The quantitative estimate of drug-likeness (QED) is 0.663. The maximum atomic E-state index is 11.3. The molecule has 3 rings (SSSR count). The van der Waals surface area contributed by atoms with E-state index in [1.165, 1.54) is 11.3 Å². The molecule has 0 radical (unpaired) electrons. The molecule has 1 aromatic carbocycles. The number of rotatable bonds is 2. The second-order valence-corrected chi connectivity index (χ2v) is 5.25. The zero-order chi connectivity index (χ0) is 12.7. The van der Waals surface area contributed by atoms with Gasteiger partial charge in [0.1, 0.15) is 16.4 Å². The van der Waals surface area contributed by atoms with Crippen LogP contribution in [0.3, 0.4) is 0 Å². The summed E-state index contributed by atoms with van der Waals surface area (Å²) in [6, 6.07) is 7.90. The summed E-state index contributed by atoms with van der Waals surface area (Å²) in [7, 11) is 0. The first-order valence-electron chi connectivity index (χ1n) is 5.58. The van der Waals surface area contributed by atoms with Crippen LogP contribution in [0, 0.1) is 13.8 Å². The van der Waals surface area contributed by atoms with Crippen LogP contribution in [0.4, 0.5) is 0 Å².